The fourth-order valence-corrected chi connectivity index (χ4v) is 3.04. The minimum atomic E-state index is -0.283. The highest BCUT2D eigenvalue weighted by molar-refractivity contribution is 7.22. The average Bonchev–Trinajstić information content (AvgIpc) is 3.00. The Morgan fingerprint density at radius 3 is 2.90 bits per heavy atom. The molecule has 0 aliphatic rings. The van der Waals surface area contributed by atoms with Crippen LogP contribution in [0.15, 0.2) is 40.8 Å². The van der Waals surface area contributed by atoms with E-state index in [-0.39, 0.29) is 5.82 Å². The van der Waals surface area contributed by atoms with Gasteiger partial charge >= 0.3 is 6.01 Å². The Balaban J connectivity index is 1.71. The standard InChI is InChI=1S/C14H7ClFN3OS/c15-7-1-4-11-10(5-7)17-13(20-11)19-14-18-9-3-2-8(16)6-12(9)21-14/h1-6H,(H,17,18,19). The maximum absolute atomic E-state index is 13.2. The molecule has 104 valence electrons. The summed E-state index contributed by atoms with van der Waals surface area (Å²) < 4.78 is 19.5. The molecule has 2 heterocycles. The summed E-state index contributed by atoms with van der Waals surface area (Å²) in [7, 11) is 0. The number of nitrogens with one attached hydrogen (secondary N) is 1. The summed E-state index contributed by atoms with van der Waals surface area (Å²) >= 11 is 7.24. The molecule has 0 saturated carbocycles. The lowest BCUT2D eigenvalue weighted by Crippen LogP contribution is -1.88. The van der Waals surface area contributed by atoms with E-state index in [0.29, 0.717) is 27.3 Å². The molecule has 0 fully saturated rings. The van der Waals surface area contributed by atoms with Gasteiger partial charge < -0.3 is 4.42 Å². The van der Waals surface area contributed by atoms with Gasteiger partial charge in [0.05, 0.1) is 10.2 Å². The first-order chi connectivity index (χ1) is 10.2. The third-order valence-corrected chi connectivity index (χ3v) is 4.08. The van der Waals surface area contributed by atoms with E-state index in [1.165, 1.54) is 23.5 Å². The summed E-state index contributed by atoms with van der Waals surface area (Å²) in [5.74, 6) is -0.283. The van der Waals surface area contributed by atoms with Gasteiger partial charge in [0.25, 0.3) is 0 Å². The smallest absolute Gasteiger partial charge is 0.302 e. The van der Waals surface area contributed by atoms with E-state index < -0.39 is 0 Å². The molecule has 0 radical (unpaired) electrons. The molecule has 0 aliphatic carbocycles. The molecule has 0 atom stereocenters. The molecule has 2 aromatic carbocycles. The van der Waals surface area contributed by atoms with Crippen molar-refractivity contribution in [2.75, 3.05) is 5.32 Å². The third-order valence-electron chi connectivity index (χ3n) is 2.91. The summed E-state index contributed by atoms with van der Waals surface area (Å²) in [5, 5.41) is 4.17. The van der Waals surface area contributed by atoms with Crippen molar-refractivity contribution in [1.29, 1.82) is 0 Å². The van der Waals surface area contributed by atoms with Crippen LogP contribution >= 0.6 is 22.9 Å². The topological polar surface area (TPSA) is 51.0 Å². The molecule has 4 rings (SSSR count). The van der Waals surface area contributed by atoms with Gasteiger partial charge in [-0.3, -0.25) is 5.32 Å². The monoisotopic (exact) mass is 319 g/mol. The lowest BCUT2D eigenvalue weighted by molar-refractivity contribution is 0.623. The van der Waals surface area contributed by atoms with Crippen molar-refractivity contribution in [1.82, 2.24) is 9.97 Å². The Labute approximate surface area is 127 Å². The maximum Gasteiger partial charge on any atom is 0.302 e. The minimum Gasteiger partial charge on any atom is -0.423 e. The fourth-order valence-electron chi connectivity index (χ4n) is 2.00. The van der Waals surface area contributed by atoms with Gasteiger partial charge in [-0.15, -0.1) is 0 Å². The number of nitrogens with zero attached hydrogens (tertiary/aromatic N) is 2. The van der Waals surface area contributed by atoms with Crippen LogP contribution in [0.2, 0.25) is 5.02 Å². The number of thiazole rings is 1. The van der Waals surface area contributed by atoms with Gasteiger partial charge in [-0.1, -0.05) is 22.9 Å². The number of rotatable bonds is 2. The van der Waals surface area contributed by atoms with E-state index in [1.54, 1.807) is 24.3 Å². The van der Waals surface area contributed by atoms with Gasteiger partial charge in [0.1, 0.15) is 11.3 Å². The second-order valence-corrected chi connectivity index (χ2v) is 5.85. The quantitative estimate of drug-likeness (QED) is 0.566. The molecule has 0 spiro atoms. The zero-order valence-electron chi connectivity index (χ0n) is 10.4. The Morgan fingerprint density at radius 1 is 1.10 bits per heavy atom. The molecule has 4 aromatic rings. The van der Waals surface area contributed by atoms with Gasteiger partial charge in [-0.2, -0.15) is 4.98 Å². The summed E-state index contributed by atoms with van der Waals surface area (Å²) in [4.78, 5) is 8.64. The highest BCUT2D eigenvalue weighted by Gasteiger charge is 2.10. The van der Waals surface area contributed by atoms with E-state index in [2.05, 4.69) is 15.3 Å². The number of fused-ring (bicyclic) bond motifs is 2. The molecule has 1 N–H and O–H groups in total. The van der Waals surface area contributed by atoms with Gasteiger partial charge in [-0.05, 0) is 36.4 Å². The predicted octanol–water partition coefficient (Wildman–Crippen LogP) is 4.97. The zero-order chi connectivity index (χ0) is 14.4. The molecule has 0 aliphatic heterocycles. The molecule has 7 heteroatoms. The Hall–Kier alpha value is -2.18. The highest BCUT2D eigenvalue weighted by atomic mass is 35.5. The number of benzene rings is 2. The van der Waals surface area contributed by atoms with Crippen LogP contribution in [0.5, 0.6) is 0 Å². The number of halogens is 2. The van der Waals surface area contributed by atoms with Crippen molar-refractivity contribution in [3.63, 3.8) is 0 Å². The molecule has 4 nitrogen and oxygen atoms in total. The Kier molecular flexibility index (Phi) is 2.80. The maximum atomic E-state index is 13.2. The SMILES string of the molecule is Fc1ccc2nc(Nc3nc4cc(Cl)ccc4o3)sc2c1. The van der Waals surface area contributed by atoms with Crippen LogP contribution in [-0.4, -0.2) is 9.97 Å². The van der Waals surface area contributed by atoms with Crippen molar-refractivity contribution in [3.8, 4) is 0 Å². The molecule has 2 aromatic heterocycles. The normalized spacial score (nSPS) is 11.3. The Bertz CT molecular complexity index is 887. The van der Waals surface area contributed by atoms with Crippen molar-refractivity contribution in [2.24, 2.45) is 0 Å². The average molecular weight is 320 g/mol. The van der Waals surface area contributed by atoms with Crippen LogP contribution in [0.3, 0.4) is 0 Å². The van der Waals surface area contributed by atoms with Crippen LogP contribution < -0.4 is 5.32 Å². The summed E-state index contributed by atoms with van der Waals surface area (Å²) in [6.45, 7) is 0. The van der Waals surface area contributed by atoms with Crippen LogP contribution in [0.4, 0.5) is 15.5 Å². The molecular weight excluding hydrogens is 313 g/mol. The number of anilines is 2. The lowest BCUT2D eigenvalue weighted by Gasteiger charge is -1.92. The van der Waals surface area contributed by atoms with Crippen LogP contribution in [0.1, 0.15) is 0 Å². The van der Waals surface area contributed by atoms with E-state index in [9.17, 15) is 4.39 Å². The molecule has 0 unspecified atom stereocenters. The first-order valence-electron chi connectivity index (χ1n) is 6.06. The Morgan fingerprint density at radius 2 is 2.00 bits per heavy atom. The zero-order valence-corrected chi connectivity index (χ0v) is 12.0. The predicted molar refractivity (Wildman–Crippen MR) is 81.9 cm³/mol. The van der Waals surface area contributed by atoms with Gasteiger partial charge in [0.15, 0.2) is 10.7 Å². The van der Waals surface area contributed by atoms with Crippen molar-refractivity contribution < 1.29 is 8.81 Å². The van der Waals surface area contributed by atoms with E-state index >= 15 is 0 Å². The number of hydrogen-bond acceptors (Lipinski definition) is 5. The van der Waals surface area contributed by atoms with Gasteiger partial charge in [-0.25, -0.2) is 9.37 Å². The lowest BCUT2D eigenvalue weighted by atomic mass is 10.3. The van der Waals surface area contributed by atoms with E-state index in [1.807, 2.05) is 0 Å². The van der Waals surface area contributed by atoms with Crippen molar-refractivity contribution in [2.45, 2.75) is 0 Å². The second kappa shape index (κ2) is 4.68. The first-order valence-corrected chi connectivity index (χ1v) is 7.26. The van der Waals surface area contributed by atoms with Crippen LogP contribution in [-0.2, 0) is 0 Å². The third kappa shape index (κ3) is 2.32. The molecular formula is C14H7ClFN3OS. The molecule has 0 amide bonds. The fraction of sp³-hybridized carbons (Fsp3) is 0. The van der Waals surface area contributed by atoms with Crippen molar-refractivity contribution >= 4 is 55.4 Å². The summed E-state index contributed by atoms with van der Waals surface area (Å²) in [6, 6.07) is 10.0. The number of hydrogen-bond donors (Lipinski definition) is 1. The van der Waals surface area contributed by atoms with Crippen LogP contribution in [0, 0.1) is 5.82 Å². The summed E-state index contributed by atoms with van der Waals surface area (Å²) in [5.41, 5.74) is 2.02. The highest BCUT2D eigenvalue weighted by Crippen LogP contribution is 2.30. The number of oxazole rings is 1. The van der Waals surface area contributed by atoms with E-state index in [4.69, 9.17) is 16.0 Å². The van der Waals surface area contributed by atoms with E-state index in [0.717, 1.165) is 10.2 Å². The minimum absolute atomic E-state index is 0.283. The molecule has 21 heavy (non-hydrogen) atoms. The largest absolute Gasteiger partial charge is 0.423 e. The second-order valence-electron chi connectivity index (χ2n) is 4.39. The van der Waals surface area contributed by atoms with Crippen LogP contribution in [0.25, 0.3) is 21.3 Å². The summed E-state index contributed by atoms with van der Waals surface area (Å²) in [6.07, 6.45) is 0. The van der Waals surface area contributed by atoms with Crippen molar-refractivity contribution in [3.05, 3.63) is 47.2 Å². The molecule has 0 saturated heterocycles. The van der Waals surface area contributed by atoms with Gasteiger partial charge in [0.2, 0.25) is 0 Å². The molecule has 0 bridgehead atoms. The number of aromatic nitrogens is 2. The van der Waals surface area contributed by atoms with Gasteiger partial charge in [0, 0.05) is 5.02 Å². The first kappa shape index (κ1) is 12.6.